The molecular formula is C25H23F4N5OS. The Labute approximate surface area is 209 Å². The van der Waals surface area contributed by atoms with Crippen molar-refractivity contribution in [1.82, 2.24) is 24.2 Å². The Balaban J connectivity index is 1.68. The summed E-state index contributed by atoms with van der Waals surface area (Å²) in [6.45, 7) is 4.07. The number of carbonyl (C=O) groups excluding carboxylic acids is 1. The third-order valence-electron chi connectivity index (χ3n) is 5.92. The lowest BCUT2D eigenvalue weighted by Crippen LogP contribution is -2.28. The van der Waals surface area contributed by atoms with Crippen molar-refractivity contribution in [2.45, 2.75) is 31.3 Å². The van der Waals surface area contributed by atoms with E-state index in [2.05, 4.69) is 10.1 Å². The molecule has 0 radical (unpaired) electrons. The highest BCUT2D eigenvalue weighted by Gasteiger charge is 2.24. The number of carbonyl (C=O) groups is 1. The summed E-state index contributed by atoms with van der Waals surface area (Å²) in [4.78, 5) is 19.3. The minimum Gasteiger partial charge on any atom is -0.336 e. The van der Waals surface area contributed by atoms with Gasteiger partial charge in [0.1, 0.15) is 17.3 Å². The van der Waals surface area contributed by atoms with E-state index in [-0.39, 0.29) is 22.5 Å². The van der Waals surface area contributed by atoms with Crippen LogP contribution in [0.4, 0.5) is 17.6 Å². The summed E-state index contributed by atoms with van der Waals surface area (Å²) in [5.74, 6) is -4.44. The number of nitrogens with zero attached hydrogens (tertiary/aromatic N) is 5. The lowest BCUT2D eigenvalue weighted by Gasteiger charge is -2.19. The Morgan fingerprint density at radius 1 is 1.00 bits per heavy atom. The number of hydrogen-bond acceptors (Lipinski definition) is 4. The topological polar surface area (TPSA) is 56.0 Å². The minimum atomic E-state index is -1.28. The van der Waals surface area contributed by atoms with Gasteiger partial charge in [-0.2, -0.15) is 5.10 Å². The molecule has 0 bridgehead atoms. The smallest absolute Gasteiger partial charge is 0.272 e. The number of benzene rings is 2. The molecule has 0 atom stereocenters. The van der Waals surface area contributed by atoms with Crippen LogP contribution in [0.1, 0.15) is 33.0 Å². The molecule has 0 unspecified atom stereocenters. The van der Waals surface area contributed by atoms with Crippen LogP contribution in [-0.2, 0) is 19.3 Å². The number of thioether (sulfide) groups is 1. The molecular weight excluding hydrogens is 494 g/mol. The van der Waals surface area contributed by atoms with Gasteiger partial charge in [0.15, 0.2) is 16.8 Å². The van der Waals surface area contributed by atoms with Gasteiger partial charge in [-0.3, -0.25) is 14.0 Å². The molecule has 0 N–H and O–H groups in total. The third-order valence-corrected chi connectivity index (χ3v) is 6.90. The van der Waals surface area contributed by atoms with Gasteiger partial charge in [-0.1, -0.05) is 11.8 Å². The zero-order valence-corrected chi connectivity index (χ0v) is 20.8. The van der Waals surface area contributed by atoms with Crippen molar-refractivity contribution in [3.05, 3.63) is 94.1 Å². The van der Waals surface area contributed by atoms with Crippen LogP contribution >= 0.6 is 11.8 Å². The van der Waals surface area contributed by atoms with Gasteiger partial charge >= 0.3 is 0 Å². The maximum atomic E-state index is 14.2. The summed E-state index contributed by atoms with van der Waals surface area (Å²) in [5.41, 5.74) is 2.80. The second kappa shape index (κ2) is 10.2. The van der Waals surface area contributed by atoms with E-state index in [1.165, 1.54) is 39.9 Å². The zero-order valence-electron chi connectivity index (χ0n) is 20.0. The Kier molecular flexibility index (Phi) is 7.21. The van der Waals surface area contributed by atoms with Gasteiger partial charge in [0.2, 0.25) is 0 Å². The van der Waals surface area contributed by atoms with Gasteiger partial charge < -0.3 is 4.90 Å². The molecule has 2 heterocycles. The molecule has 0 aliphatic rings. The number of amides is 1. The monoisotopic (exact) mass is 517 g/mol. The average Bonchev–Trinajstić information content (AvgIpc) is 3.37. The SMILES string of the molecule is Cc1nn(C)c(C)c1CN(C)C(=O)c1cnc(SCc2c(F)ccc(F)c2F)n1-c1ccc(F)cc1. The number of halogens is 4. The molecule has 0 saturated carbocycles. The van der Waals surface area contributed by atoms with Gasteiger partial charge in [-0.05, 0) is 50.2 Å². The number of aromatic nitrogens is 4. The fourth-order valence-electron chi connectivity index (χ4n) is 3.82. The summed E-state index contributed by atoms with van der Waals surface area (Å²) >= 11 is 0.926. The van der Waals surface area contributed by atoms with Gasteiger partial charge in [0.25, 0.3) is 5.91 Å². The predicted molar refractivity (Wildman–Crippen MR) is 128 cm³/mol. The third kappa shape index (κ3) is 4.88. The summed E-state index contributed by atoms with van der Waals surface area (Å²) in [6, 6.07) is 6.98. The van der Waals surface area contributed by atoms with Crippen LogP contribution in [-0.4, -0.2) is 37.2 Å². The van der Waals surface area contributed by atoms with Crippen LogP contribution in [0, 0.1) is 37.1 Å². The number of imidazole rings is 1. The lowest BCUT2D eigenvalue weighted by atomic mass is 10.2. The molecule has 2 aromatic carbocycles. The molecule has 4 aromatic rings. The van der Waals surface area contributed by atoms with Crippen LogP contribution in [0.15, 0.2) is 47.8 Å². The van der Waals surface area contributed by atoms with Crippen molar-refractivity contribution in [3.63, 3.8) is 0 Å². The summed E-state index contributed by atoms with van der Waals surface area (Å²) < 4.78 is 58.8. The molecule has 0 fully saturated rings. The molecule has 0 aliphatic heterocycles. The Hall–Kier alpha value is -3.60. The molecule has 0 saturated heterocycles. The zero-order chi connectivity index (χ0) is 26.1. The van der Waals surface area contributed by atoms with Crippen LogP contribution in [0.2, 0.25) is 0 Å². The highest BCUT2D eigenvalue weighted by atomic mass is 32.2. The second-order valence-electron chi connectivity index (χ2n) is 8.28. The van der Waals surface area contributed by atoms with Crippen molar-refractivity contribution < 1.29 is 22.4 Å². The molecule has 11 heteroatoms. The fourth-order valence-corrected chi connectivity index (χ4v) is 4.81. The second-order valence-corrected chi connectivity index (χ2v) is 9.22. The number of hydrogen-bond donors (Lipinski definition) is 0. The van der Waals surface area contributed by atoms with Gasteiger partial charge in [0, 0.05) is 48.9 Å². The molecule has 36 heavy (non-hydrogen) atoms. The van der Waals surface area contributed by atoms with Crippen molar-refractivity contribution in [3.8, 4) is 5.69 Å². The van der Waals surface area contributed by atoms with E-state index in [1.807, 2.05) is 20.9 Å². The Morgan fingerprint density at radius 3 is 2.31 bits per heavy atom. The summed E-state index contributed by atoms with van der Waals surface area (Å²) in [5, 5.41) is 4.61. The molecule has 188 valence electrons. The van der Waals surface area contributed by atoms with Crippen molar-refractivity contribution >= 4 is 17.7 Å². The quantitative estimate of drug-likeness (QED) is 0.189. The fraction of sp³-hybridized carbons (Fsp3) is 0.240. The first-order valence-electron chi connectivity index (χ1n) is 10.9. The molecule has 0 spiro atoms. The van der Waals surface area contributed by atoms with Gasteiger partial charge in [-0.25, -0.2) is 22.5 Å². The van der Waals surface area contributed by atoms with Gasteiger partial charge in [0.05, 0.1) is 11.9 Å². The summed E-state index contributed by atoms with van der Waals surface area (Å²) in [7, 11) is 3.46. The summed E-state index contributed by atoms with van der Waals surface area (Å²) in [6.07, 6.45) is 1.35. The van der Waals surface area contributed by atoms with Crippen molar-refractivity contribution in [1.29, 1.82) is 0 Å². The van der Waals surface area contributed by atoms with Crippen molar-refractivity contribution in [2.75, 3.05) is 7.05 Å². The average molecular weight is 518 g/mol. The predicted octanol–water partition coefficient (Wildman–Crippen LogP) is 5.34. The van der Waals surface area contributed by atoms with E-state index in [1.54, 1.807) is 11.7 Å². The number of aryl methyl sites for hydroxylation is 2. The first kappa shape index (κ1) is 25.5. The lowest BCUT2D eigenvalue weighted by molar-refractivity contribution is 0.0776. The standard InChI is InChI=1S/C25H23F4N5OS/c1-14-18(15(2)33(4)31-14)12-32(3)24(35)22-11-30-25(34(22)17-7-5-16(26)6-8-17)36-13-19-20(27)9-10-21(28)23(19)29/h5-11H,12-13H2,1-4H3. The molecule has 1 amide bonds. The van der Waals surface area contributed by atoms with Crippen molar-refractivity contribution in [2.24, 2.45) is 7.05 Å². The minimum absolute atomic E-state index is 0.172. The van der Waals surface area contributed by atoms with Crippen LogP contribution < -0.4 is 0 Å². The van der Waals surface area contributed by atoms with E-state index in [9.17, 15) is 22.4 Å². The highest BCUT2D eigenvalue weighted by molar-refractivity contribution is 7.98. The van der Waals surface area contributed by atoms with E-state index < -0.39 is 28.8 Å². The molecule has 2 aromatic heterocycles. The van der Waals surface area contributed by atoms with E-state index in [0.29, 0.717) is 12.2 Å². The maximum absolute atomic E-state index is 14.2. The van der Waals surface area contributed by atoms with E-state index >= 15 is 0 Å². The molecule has 4 rings (SSSR count). The maximum Gasteiger partial charge on any atom is 0.272 e. The molecule has 0 aliphatic carbocycles. The first-order chi connectivity index (χ1) is 17.1. The Morgan fingerprint density at radius 2 is 1.67 bits per heavy atom. The first-order valence-corrected chi connectivity index (χ1v) is 11.9. The largest absolute Gasteiger partial charge is 0.336 e. The normalized spacial score (nSPS) is 11.2. The van der Waals surface area contributed by atoms with Crippen LogP contribution in [0.3, 0.4) is 0 Å². The number of rotatable bonds is 7. The Bertz CT molecular complexity index is 1430. The van der Waals surface area contributed by atoms with Gasteiger partial charge in [-0.15, -0.1) is 0 Å². The van der Waals surface area contributed by atoms with E-state index in [4.69, 9.17) is 0 Å². The van der Waals surface area contributed by atoms with Crippen LogP contribution in [0.25, 0.3) is 5.69 Å². The molecule has 6 nitrogen and oxygen atoms in total. The highest BCUT2D eigenvalue weighted by Crippen LogP contribution is 2.30. The van der Waals surface area contributed by atoms with E-state index in [0.717, 1.165) is 40.8 Å². The van der Waals surface area contributed by atoms with Crippen LogP contribution in [0.5, 0.6) is 0 Å².